The van der Waals surface area contributed by atoms with Gasteiger partial charge in [-0.05, 0) is 30.4 Å². The molecule has 220 valence electrons. The molecule has 0 radical (unpaired) electrons. The van der Waals surface area contributed by atoms with E-state index in [9.17, 15) is 0 Å². The molecule has 0 amide bonds. The second kappa shape index (κ2) is 18.9. The Hall–Kier alpha value is -2.35. The van der Waals surface area contributed by atoms with Crippen LogP contribution in [0.4, 0.5) is 0 Å². The third-order valence-electron chi connectivity index (χ3n) is 9.02. The summed E-state index contributed by atoms with van der Waals surface area (Å²) in [6, 6.07) is 22.4. The van der Waals surface area contributed by atoms with E-state index in [-0.39, 0.29) is 5.41 Å². The zero-order valence-corrected chi connectivity index (χ0v) is 26.1. The van der Waals surface area contributed by atoms with E-state index in [1.165, 1.54) is 120 Å². The van der Waals surface area contributed by atoms with Gasteiger partial charge in [-0.15, -0.1) is 0 Å². The maximum Gasteiger partial charge on any atom is 0.112 e. The average molecular weight is 543 g/mol. The van der Waals surface area contributed by atoms with Gasteiger partial charge in [0.25, 0.3) is 0 Å². The van der Waals surface area contributed by atoms with Crippen LogP contribution in [0.25, 0.3) is 0 Å². The van der Waals surface area contributed by atoms with E-state index in [0.717, 1.165) is 13.0 Å². The molecule has 40 heavy (non-hydrogen) atoms. The van der Waals surface area contributed by atoms with Gasteiger partial charge in [-0.1, -0.05) is 171 Å². The molecule has 3 aromatic rings. The smallest absolute Gasteiger partial charge is 0.112 e. The van der Waals surface area contributed by atoms with Crippen molar-refractivity contribution in [2.45, 2.75) is 148 Å². The maximum atomic E-state index is 5.10. The van der Waals surface area contributed by atoms with Gasteiger partial charge in [-0.25, -0.2) is 4.98 Å². The summed E-state index contributed by atoms with van der Waals surface area (Å²) in [5.74, 6) is 1.69. The van der Waals surface area contributed by atoms with Gasteiger partial charge in [0, 0.05) is 30.3 Å². The fraction of sp³-hybridized carbons (Fsp3) is 0.605. The van der Waals surface area contributed by atoms with Crippen LogP contribution in [0.1, 0.15) is 146 Å². The first kappa shape index (κ1) is 32.2. The molecule has 0 aliphatic rings. The maximum absolute atomic E-state index is 5.10. The molecule has 0 aliphatic heterocycles. The van der Waals surface area contributed by atoms with Crippen molar-refractivity contribution in [1.29, 1.82) is 0 Å². The predicted octanol–water partition coefficient (Wildman–Crippen LogP) is 11.4. The highest BCUT2D eigenvalue weighted by molar-refractivity contribution is 5.33. The summed E-state index contributed by atoms with van der Waals surface area (Å²) in [7, 11) is 0. The molecular formula is C38H58N2. The highest BCUT2D eigenvalue weighted by atomic mass is 15.1. The third kappa shape index (κ3) is 10.6. The van der Waals surface area contributed by atoms with Crippen molar-refractivity contribution in [2.75, 3.05) is 0 Å². The number of benzene rings is 2. The van der Waals surface area contributed by atoms with Gasteiger partial charge in [0.15, 0.2) is 0 Å². The molecule has 0 aliphatic carbocycles. The molecule has 0 saturated carbocycles. The van der Waals surface area contributed by atoms with Crippen molar-refractivity contribution in [3.8, 4) is 0 Å². The Morgan fingerprint density at radius 1 is 0.650 bits per heavy atom. The minimum absolute atomic E-state index is 0.0206. The average Bonchev–Trinajstić information content (AvgIpc) is 3.44. The molecule has 1 aromatic heterocycles. The lowest BCUT2D eigenvalue weighted by molar-refractivity contribution is 0.321. The van der Waals surface area contributed by atoms with E-state index in [2.05, 4.69) is 98.4 Å². The Labute approximate surface area is 247 Å². The van der Waals surface area contributed by atoms with Gasteiger partial charge < -0.3 is 4.57 Å². The van der Waals surface area contributed by atoms with Crippen molar-refractivity contribution in [3.05, 3.63) is 90.0 Å². The van der Waals surface area contributed by atoms with E-state index < -0.39 is 0 Å². The van der Waals surface area contributed by atoms with Gasteiger partial charge in [-0.2, -0.15) is 0 Å². The first-order valence-corrected chi connectivity index (χ1v) is 16.8. The summed E-state index contributed by atoms with van der Waals surface area (Å²) in [4.78, 5) is 5.10. The number of aryl methyl sites for hydroxylation is 1. The summed E-state index contributed by atoms with van der Waals surface area (Å²) in [6.45, 7) is 8.20. The fourth-order valence-electron chi connectivity index (χ4n) is 6.54. The van der Waals surface area contributed by atoms with Crippen LogP contribution in [0, 0.1) is 0 Å². The Morgan fingerprint density at radius 3 is 1.77 bits per heavy atom. The number of imidazole rings is 1. The number of rotatable bonds is 22. The van der Waals surface area contributed by atoms with Gasteiger partial charge >= 0.3 is 0 Å². The van der Waals surface area contributed by atoms with Crippen molar-refractivity contribution in [1.82, 2.24) is 9.55 Å². The molecular weight excluding hydrogens is 484 g/mol. The molecule has 2 aromatic carbocycles. The Balaban J connectivity index is 1.77. The first-order chi connectivity index (χ1) is 19.7. The molecule has 2 heteroatoms. The van der Waals surface area contributed by atoms with E-state index in [1.54, 1.807) is 0 Å². The van der Waals surface area contributed by atoms with E-state index in [1.807, 2.05) is 0 Å². The second-order valence-electron chi connectivity index (χ2n) is 12.4. The number of hydrogen-bond donors (Lipinski definition) is 0. The lowest BCUT2D eigenvalue weighted by Gasteiger charge is -2.39. The molecule has 0 N–H and O–H groups in total. The highest BCUT2D eigenvalue weighted by Gasteiger charge is 2.39. The monoisotopic (exact) mass is 542 g/mol. The summed E-state index contributed by atoms with van der Waals surface area (Å²) in [6.07, 6.45) is 26.8. The van der Waals surface area contributed by atoms with Gasteiger partial charge in [0.1, 0.15) is 5.82 Å². The van der Waals surface area contributed by atoms with Gasteiger partial charge in [-0.3, -0.25) is 0 Å². The van der Waals surface area contributed by atoms with Crippen LogP contribution in [0.3, 0.4) is 0 Å². The van der Waals surface area contributed by atoms with Gasteiger partial charge in [0.2, 0.25) is 0 Å². The number of aromatic nitrogens is 2. The van der Waals surface area contributed by atoms with E-state index >= 15 is 0 Å². The fourth-order valence-corrected chi connectivity index (χ4v) is 6.54. The molecule has 0 bridgehead atoms. The zero-order chi connectivity index (χ0) is 28.3. The third-order valence-corrected chi connectivity index (χ3v) is 9.02. The Kier molecular flexibility index (Phi) is 15.2. The molecule has 1 heterocycles. The minimum Gasteiger partial charge on any atom is -0.335 e. The molecule has 0 fully saturated rings. The summed E-state index contributed by atoms with van der Waals surface area (Å²) in [5, 5.41) is 0. The molecule has 0 saturated heterocycles. The zero-order valence-electron chi connectivity index (χ0n) is 26.1. The van der Waals surface area contributed by atoms with Crippen LogP contribution in [-0.4, -0.2) is 9.55 Å². The summed E-state index contributed by atoms with van der Waals surface area (Å²) in [5.41, 5.74) is 2.83. The summed E-state index contributed by atoms with van der Waals surface area (Å²) >= 11 is 0. The first-order valence-electron chi connectivity index (χ1n) is 16.8. The van der Waals surface area contributed by atoms with Crippen molar-refractivity contribution >= 4 is 0 Å². The van der Waals surface area contributed by atoms with Crippen LogP contribution < -0.4 is 0 Å². The van der Waals surface area contributed by atoms with Crippen molar-refractivity contribution < 1.29 is 0 Å². The normalized spacial score (nSPS) is 13.8. The van der Waals surface area contributed by atoms with Crippen LogP contribution in [0.15, 0.2) is 73.1 Å². The van der Waals surface area contributed by atoms with Crippen molar-refractivity contribution in [2.24, 2.45) is 0 Å². The van der Waals surface area contributed by atoms with Gasteiger partial charge in [0.05, 0.1) is 0 Å². The van der Waals surface area contributed by atoms with Crippen LogP contribution in [-0.2, 0) is 18.4 Å². The lowest BCUT2D eigenvalue weighted by Crippen LogP contribution is -2.35. The second-order valence-corrected chi connectivity index (χ2v) is 12.4. The minimum atomic E-state index is -0.0206. The van der Waals surface area contributed by atoms with Crippen LogP contribution in [0.5, 0.6) is 0 Å². The quantitative estimate of drug-likeness (QED) is 0.115. The van der Waals surface area contributed by atoms with Crippen molar-refractivity contribution in [3.63, 3.8) is 0 Å². The lowest BCUT2D eigenvalue weighted by atomic mass is 9.66. The molecule has 2 nitrogen and oxygen atoms in total. The highest BCUT2D eigenvalue weighted by Crippen LogP contribution is 2.44. The largest absolute Gasteiger partial charge is 0.335 e. The molecule has 3 rings (SSSR count). The van der Waals surface area contributed by atoms with E-state index in [4.69, 9.17) is 4.98 Å². The standard InChI is InChI=1S/C38H58N2/c1-4-6-8-10-12-14-16-24-31-40-32-30-39-37(40)36(29-23-15-13-11-9-7-5-2)38(3,35-27-21-18-22-28-35)33-34-25-19-17-20-26-34/h17-22,25-28,30,32,36H,4-16,23-24,29,31,33H2,1-3H3. The summed E-state index contributed by atoms with van der Waals surface area (Å²) < 4.78 is 2.51. The number of unbranched alkanes of at least 4 members (excludes halogenated alkanes) is 13. The molecule has 2 unspecified atom stereocenters. The predicted molar refractivity (Wildman–Crippen MR) is 174 cm³/mol. The van der Waals surface area contributed by atoms with Crippen LogP contribution in [0.2, 0.25) is 0 Å². The molecule has 0 spiro atoms. The van der Waals surface area contributed by atoms with Crippen LogP contribution >= 0.6 is 0 Å². The molecule has 2 atom stereocenters. The number of nitrogens with zero attached hydrogens (tertiary/aromatic N) is 2. The SMILES string of the molecule is CCCCCCCCCCn1ccnc1C(CCCCCCCCC)C(C)(Cc1ccccc1)c1ccccc1. The number of hydrogen-bond acceptors (Lipinski definition) is 1. The Bertz CT molecular complexity index is 1010. The topological polar surface area (TPSA) is 17.8 Å². The Morgan fingerprint density at radius 2 is 1.18 bits per heavy atom. The van der Waals surface area contributed by atoms with E-state index in [0.29, 0.717) is 5.92 Å².